The zero-order chi connectivity index (χ0) is 10.9. The molecule has 0 bridgehead atoms. The van der Waals surface area contributed by atoms with Gasteiger partial charge in [0, 0.05) is 31.6 Å². The molecule has 1 fully saturated rings. The molecular formula is C12H24ClNO. The van der Waals surface area contributed by atoms with Crippen LogP contribution in [0.1, 0.15) is 39.0 Å². The summed E-state index contributed by atoms with van der Waals surface area (Å²) in [6, 6.07) is 0.790. The summed E-state index contributed by atoms with van der Waals surface area (Å²) in [5, 5.41) is 0. The number of rotatable bonds is 9. The molecule has 0 N–H and O–H groups in total. The van der Waals surface area contributed by atoms with Gasteiger partial charge in [-0.25, -0.2) is 0 Å². The Labute approximate surface area is 98.9 Å². The molecule has 1 aliphatic carbocycles. The number of ether oxygens (including phenoxy) is 1. The monoisotopic (exact) mass is 233 g/mol. The molecule has 0 unspecified atom stereocenters. The lowest BCUT2D eigenvalue weighted by molar-refractivity contribution is 0.0669. The van der Waals surface area contributed by atoms with Crippen LogP contribution in [0, 0.1) is 0 Å². The molecule has 1 saturated carbocycles. The van der Waals surface area contributed by atoms with Gasteiger partial charge in [0.05, 0.1) is 6.61 Å². The summed E-state index contributed by atoms with van der Waals surface area (Å²) in [7, 11) is 0. The van der Waals surface area contributed by atoms with Crippen LogP contribution in [0.15, 0.2) is 0 Å². The topological polar surface area (TPSA) is 12.5 Å². The van der Waals surface area contributed by atoms with Gasteiger partial charge in [0.15, 0.2) is 0 Å². The van der Waals surface area contributed by atoms with Crippen molar-refractivity contribution < 1.29 is 4.74 Å². The van der Waals surface area contributed by atoms with Gasteiger partial charge >= 0.3 is 0 Å². The third kappa shape index (κ3) is 5.19. The minimum atomic E-state index is 0.742. The number of halogens is 1. The van der Waals surface area contributed by atoms with Gasteiger partial charge < -0.3 is 4.74 Å². The smallest absolute Gasteiger partial charge is 0.0593 e. The first-order chi connectivity index (χ1) is 7.38. The Morgan fingerprint density at radius 2 is 2.07 bits per heavy atom. The van der Waals surface area contributed by atoms with Crippen molar-refractivity contribution in [1.29, 1.82) is 0 Å². The first-order valence-electron chi connectivity index (χ1n) is 6.26. The van der Waals surface area contributed by atoms with Crippen molar-refractivity contribution in [3.8, 4) is 0 Å². The van der Waals surface area contributed by atoms with Crippen molar-refractivity contribution in [1.82, 2.24) is 4.90 Å². The Kier molecular flexibility index (Phi) is 7.41. The number of hydrogen-bond donors (Lipinski definition) is 0. The fourth-order valence-electron chi connectivity index (χ4n) is 1.87. The van der Waals surface area contributed by atoms with Crippen LogP contribution < -0.4 is 0 Å². The second-order valence-electron chi connectivity index (χ2n) is 4.28. The molecule has 1 aliphatic rings. The minimum absolute atomic E-state index is 0.742. The third-order valence-corrected chi connectivity index (χ3v) is 3.30. The largest absolute Gasteiger partial charge is 0.380 e. The maximum Gasteiger partial charge on any atom is 0.0593 e. The summed E-state index contributed by atoms with van der Waals surface area (Å²) in [5.41, 5.74) is 0. The molecule has 0 aromatic carbocycles. The standard InChI is InChI=1S/C12H24ClNO/c1-2-3-10-15-11-9-14(8-7-13)12-5-4-6-12/h12H,2-11H2,1H3. The average Bonchev–Trinajstić information content (AvgIpc) is 2.15. The van der Waals surface area contributed by atoms with E-state index in [1.807, 2.05) is 0 Å². The van der Waals surface area contributed by atoms with Gasteiger partial charge in [-0.05, 0) is 19.3 Å². The molecule has 0 heterocycles. The first-order valence-corrected chi connectivity index (χ1v) is 6.79. The van der Waals surface area contributed by atoms with Gasteiger partial charge in [0.25, 0.3) is 0 Å². The number of alkyl halides is 1. The minimum Gasteiger partial charge on any atom is -0.380 e. The van der Waals surface area contributed by atoms with Crippen LogP contribution in [-0.4, -0.2) is 43.1 Å². The highest BCUT2D eigenvalue weighted by molar-refractivity contribution is 6.18. The lowest BCUT2D eigenvalue weighted by Crippen LogP contribution is -2.43. The van der Waals surface area contributed by atoms with Crippen LogP contribution in [0.4, 0.5) is 0 Å². The maximum atomic E-state index is 5.80. The van der Waals surface area contributed by atoms with E-state index in [2.05, 4.69) is 11.8 Å². The molecular weight excluding hydrogens is 210 g/mol. The highest BCUT2D eigenvalue weighted by atomic mass is 35.5. The summed E-state index contributed by atoms with van der Waals surface area (Å²) < 4.78 is 5.58. The quantitative estimate of drug-likeness (QED) is 0.449. The molecule has 0 amide bonds. The van der Waals surface area contributed by atoms with E-state index in [1.165, 1.54) is 32.1 Å². The predicted molar refractivity (Wildman–Crippen MR) is 65.7 cm³/mol. The van der Waals surface area contributed by atoms with Gasteiger partial charge in [-0.2, -0.15) is 0 Å². The van der Waals surface area contributed by atoms with Crippen molar-refractivity contribution in [2.45, 2.75) is 45.1 Å². The van der Waals surface area contributed by atoms with E-state index >= 15 is 0 Å². The van der Waals surface area contributed by atoms with Crippen molar-refractivity contribution >= 4 is 11.6 Å². The molecule has 0 aliphatic heterocycles. The van der Waals surface area contributed by atoms with Crippen LogP contribution in [0.2, 0.25) is 0 Å². The number of unbranched alkanes of at least 4 members (excludes halogenated alkanes) is 1. The van der Waals surface area contributed by atoms with Crippen LogP contribution in [0.3, 0.4) is 0 Å². The van der Waals surface area contributed by atoms with Gasteiger partial charge in [0.2, 0.25) is 0 Å². The van der Waals surface area contributed by atoms with E-state index in [0.717, 1.165) is 38.2 Å². The zero-order valence-electron chi connectivity index (χ0n) is 9.88. The van der Waals surface area contributed by atoms with Gasteiger partial charge in [0.1, 0.15) is 0 Å². The second-order valence-corrected chi connectivity index (χ2v) is 4.65. The average molecular weight is 234 g/mol. The van der Waals surface area contributed by atoms with Crippen LogP contribution in [-0.2, 0) is 4.74 Å². The molecule has 2 nitrogen and oxygen atoms in total. The SMILES string of the molecule is CCCCOCCN(CCCl)C1CCC1. The Morgan fingerprint density at radius 1 is 1.27 bits per heavy atom. The van der Waals surface area contributed by atoms with Crippen molar-refractivity contribution in [3.05, 3.63) is 0 Å². The fourth-order valence-corrected chi connectivity index (χ4v) is 2.08. The van der Waals surface area contributed by atoms with Crippen LogP contribution >= 0.6 is 11.6 Å². The fraction of sp³-hybridized carbons (Fsp3) is 1.00. The van der Waals surface area contributed by atoms with E-state index in [0.29, 0.717) is 0 Å². The van der Waals surface area contributed by atoms with E-state index in [-0.39, 0.29) is 0 Å². The molecule has 0 aromatic heterocycles. The summed E-state index contributed by atoms with van der Waals surface area (Å²) in [6.45, 7) is 6.05. The Morgan fingerprint density at radius 3 is 2.60 bits per heavy atom. The lowest BCUT2D eigenvalue weighted by Gasteiger charge is -2.37. The lowest BCUT2D eigenvalue weighted by atomic mass is 9.91. The van der Waals surface area contributed by atoms with Crippen molar-refractivity contribution in [3.63, 3.8) is 0 Å². The molecule has 15 heavy (non-hydrogen) atoms. The van der Waals surface area contributed by atoms with E-state index in [4.69, 9.17) is 16.3 Å². The highest BCUT2D eigenvalue weighted by Crippen LogP contribution is 2.24. The molecule has 3 heteroatoms. The van der Waals surface area contributed by atoms with E-state index < -0.39 is 0 Å². The van der Waals surface area contributed by atoms with Crippen LogP contribution in [0.25, 0.3) is 0 Å². The number of hydrogen-bond acceptors (Lipinski definition) is 2. The third-order valence-electron chi connectivity index (χ3n) is 3.13. The Hall–Kier alpha value is 0.210. The Bertz CT molecular complexity index is 151. The first kappa shape index (κ1) is 13.3. The molecule has 0 radical (unpaired) electrons. The van der Waals surface area contributed by atoms with E-state index in [1.54, 1.807) is 0 Å². The van der Waals surface area contributed by atoms with Gasteiger partial charge in [-0.1, -0.05) is 19.8 Å². The zero-order valence-corrected chi connectivity index (χ0v) is 10.6. The predicted octanol–water partition coefficient (Wildman–Crippen LogP) is 2.90. The highest BCUT2D eigenvalue weighted by Gasteiger charge is 2.23. The van der Waals surface area contributed by atoms with E-state index in [9.17, 15) is 0 Å². The molecule has 0 aromatic rings. The summed E-state index contributed by atoms with van der Waals surface area (Å²) in [5.74, 6) is 0.742. The molecule has 0 atom stereocenters. The normalized spacial score (nSPS) is 17.0. The van der Waals surface area contributed by atoms with Gasteiger partial charge in [-0.15, -0.1) is 11.6 Å². The van der Waals surface area contributed by atoms with Crippen molar-refractivity contribution in [2.24, 2.45) is 0 Å². The summed E-state index contributed by atoms with van der Waals surface area (Å²) in [6.07, 6.45) is 6.49. The molecule has 90 valence electrons. The number of nitrogens with zero attached hydrogens (tertiary/aromatic N) is 1. The van der Waals surface area contributed by atoms with Crippen molar-refractivity contribution in [2.75, 3.05) is 32.2 Å². The molecule has 1 rings (SSSR count). The molecule has 0 spiro atoms. The summed E-state index contributed by atoms with van der Waals surface area (Å²) in [4.78, 5) is 2.49. The molecule has 0 saturated heterocycles. The maximum absolute atomic E-state index is 5.80. The van der Waals surface area contributed by atoms with Crippen LogP contribution in [0.5, 0.6) is 0 Å². The summed E-state index contributed by atoms with van der Waals surface area (Å²) >= 11 is 5.80. The Balaban J connectivity index is 2.03. The second kappa shape index (κ2) is 8.37. The van der Waals surface area contributed by atoms with Gasteiger partial charge in [-0.3, -0.25) is 4.90 Å².